The number of aliphatic hydroxyl groups is 1. The molecule has 1 atom stereocenters. The summed E-state index contributed by atoms with van der Waals surface area (Å²) in [5.41, 5.74) is 0.891. The molecule has 1 unspecified atom stereocenters. The third-order valence-corrected chi connectivity index (χ3v) is 1.90. The van der Waals surface area contributed by atoms with Gasteiger partial charge < -0.3 is 15.0 Å². The number of carboxylic acid groups (broad SMARTS) is 1. The van der Waals surface area contributed by atoms with Gasteiger partial charge >= 0.3 is 37.7 Å². The molecular weight excluding hydrogens is 222 g/mol. The Morgan fingerprint density at radius 1 is 1.40 bits per heavy atom. The van der Waals surface area contributed by atoms with Crippen LogP contribution >= 0.6 is 0 Å². The Bertz CT molecular complexity index is 292. The molecule has 0 aromatic heterocycles. The fourth-order valence-corrected chi connectivity index (χ4v) is 1.20. The fourth-order valence-electron chi connectivity index (χ4n) is 1.20. The van der Waals surface area contributed by atoms with Crippen molar-refractivity contribution in [3.8, 4) is 0 Å². The van der Waals surface area contributed by atoms with Crippen LogP contribution in [0.25, 0.3) is 0 Å². The number of hydrogen-bond acceptors (Lipinski definition) is 4. The zero-order chi connectivity index (χ0) is 10.4. The summed E-state index contributed by atoms with van der Waals surface area (Å²) in [6.07, 6.45) is 0.309. The Morgan fingerprint density at radius 3 is 2.47 bits per heavy atom. The van der Waals surface area contributed by atoms with Crippen LogP contribution in [0.2, 0.25) is 0 Å². The van der Waals surface area contributed by atoms with Crippen molar-refractivity contribution >= 4 is 43.7 Å². The zero-order valence-electron chi connectivity index (χ0n) is 8.35. The summed E-state index contributed by atoms with van der Waals surface area (Å²) >= 11 is 0. The van der Waals surface area contributed by atoms with Crippen LogP contribution < -0.4 is 10.4 Å². The van der Waals surface area contributed by atoms with Gasteiger partial charge in [0.25, 0.3) is 0 Å². The number of benzene rings is 1. The van der Waals surface area contributed by atoms with E-state index in [1.807, 2.05) is 30.3 Å². The molecule has 0 aliphatic rings. The fraction of sp³-hybridized carbons (Fsp3) is 0.300. The van der Waals surface area contributed by atoms with Gasteiger partial charge in [-0.25, -0.2) is 0 Å². The molecule has 1 aromatic rings. The third-order valence-electron chi connectivity index (χ3n) is 1.90. The minimum Gasteiger partial charge on any atom is -0.548 e. The molecule has 0 fully saturated rings. The van der Waals surface area contributed by atoms with Gasteiger partial charge in [0.15, 0.2) is 0 Å². The Hall–Kier alpha value is -0.130. The first-order valence-electron chi connectivity index (χ1n) is 4.33. The Balaban J connectivity index is 0.00000196. The maximum Gasteiger partial charge on any atom is 2.00 e. The molecule has 0 heterocycles. The number of carbonyl (C=O) groups is 1. The van der Waals surface area contributed by atoms with Crippen LogP contribution in [0, 0.1) is 0 Å². The largest absolute Gasteiger partial charge is 2.00 e. The molecule has 0 amide bonds. The summed E-state index contributed by atoms with van der Waals surface area (Å²) in [6, 6.07) is 8.34. The van der Waals surface area contributed by atoms with Crippen molar-refractivity contribution in [1.29, 1.82) is 0 Å². The van der Waals surface area contributed by atoms with Gasteiger partial charge in [0.05, 0.1) is 18.7 Å². The molecule has 0 aliphatic heterocycles. The van der Waals surface area contributed by atoms with Gasteiger partial charge in [0.1, 0.15) is 0 Å². The van der Waals surface area contributed by atoms with Crippen molar-refractivity contribution in [2.24, 2.45) is 0 Å². The summed E-state index contributed by atoms with van der Waals surface area (Å²) in [4.78, 5) is 10.6. The number of rotatable bonds is 5. The van der Waals surface area contributed by atoms with Crippen LogP contribution in [0.5, 0.6) is 0 Å². The zero-order valence-corrected chi connectivity index (χ0v) is 10.6. The molecule has 0 bridgehead atoms. The van der Waals surface area contributed by atoms with E-state index in [4.69, 9.17) is 5.11 Å². The van der Waals surface area contributed by atoms with Gasteiger partial charge in [0.2, 0.25) is 0 Å². The molecule has 0 spiro atoms. The van der Waals surface area contributed by atoms with Crippen molar-refractivity contribution in [3.63, 3.8) is 0 Å². The maximum atomic E-state index is 10.6. The SMILES string of the molecule is O=C([O-])C(Cc1ccccc1)NCO.[Ca+2]. The number of nitrogens with one attached hydrogen (secondary N) is 1. The number of aliphatic carboxylic acids is 1. The molecule has 1 aromatic carbocycles. The molecule has 0 aliphatic carbocycles. The van der Waals surface area contributed by atoms with E-state index in [0.717, 1.165) is 5.56 Å². The molecular formula is C10H12CaNO3+. The minimum atomic E-state index is -1.21. The summed E-state index contributed by atoms with van der Waals surface area (Å²) in [5, 5.41) is 21.6. The number of hydrogen-bond donors (Lipinski definition) is 2. The van der Waals surface area contributed by atoms with E-state index >= 15 is 0 Å². The first-order chi connectivity index (χ1) is 6.74. The standard InChI is InChI=1S/C10H13NO3.Ca/c12-7-11-9(10(13)14)6-8-4-2-1-3-5-8;/h1-5,9,11-12H,6-7H2,(H,13,14);/q;+2/p-1. The second-order valence-electron chi connectivity index (χ2n) is 2.92. The Morgan fingerprint density at radius 2 is 2.00 bits per heavy atom. The molecule has 0 saturated heterocycles. The van der Waals surface area contributed by atoms with E-state index in [9.17, 15) is 9.90 Å². The number of aliphatic hydroxyl groups excluding tert-OH is 1. The van der Waals surface area contributed by atoms with Gasteiger partial charge in [0, 0.05) is 0 Å². The monoisotopic (exact) mass is 234 g/mol. The van der Waals surface area contributed by atoms with E-state index in [1.54, 1.807) is 0 Å². The molecule has 1 rings (SSSR count). The average Bonchev–Trinajstić information content (AvgIpc) is 2.18. The predicted molar refractivity (Wildman–Crippen MR) is 54.9 cm³/mol. The summed E-state index contributed by atoms with van der Waals surface area (Å²) in [5.74, 6) is -1.21. The van der Waals surface area contributed by atoms with E-state index in [0.29, 0.717) is 6.42 Å². The van der Waals surface area contributed by atoms with E-state index in [-0.39, 0.29) is 44.5 Å². The molecule has 5 heteroatoms. The number of carboxylic acids is 1. The quantitative estimate of drug-likeness (QED) is 0.481. The van der Waals surface area contributed by atoms with Crippen molar-refractivity contribution in [1.82, 2.24) is 5.32 Å². The van der Waals surface area contributed by atoms with Gasteiger partial charge in [-0.1, -0.05) is 30.3 Å². The second-order valence-corrected chi connectivity index (χ2v) is 2.92. The maximum absolute atomic E-state index is 10.6. The summed E-state index contributed by atoms with van der Waals surface area (Å²) < 4.78 is 0. The van der Waals surface area contributed by atoms with Crippen molar-refractivity contribution in [3.05, 3.63) is 35.9 Å². The predicted octanol–water partition coefficient (Wildman–Crippen LogP) is -1.49. The van der Waals surface area contributed by atoms with E-state index in [1.165, 1.54) is 0 Å². The first-order valence-corrected chi connectivity index (χ1v) is 4.33. The second kappa shape index (κ2) is 8.07. The van der Waals surface area contributed by atoms with Gasteiger partial charge in [-0.05, 0) is 12.0 Å². The molecule has 15 heavy (non-hydrogen) atoms. The molecule has 0 radical (unpaired) electrons. The Kier molecular flexibility index (Phi) is 8.00. The van der Waals surface area contributed by atoms with Crippen LogP contribution in [-0.2, 0) is 11.2 Å². The number of carbonyl (C=O) groups excluding carboxylic acids is 1. The van der Waals surface area contributed by atoms with Crippen LogP contribution in [-0.4, -0.2) is 61.6 Å². The van der Waals surface area contributed by atoms with Crippen molar-refractivity contribution in [2.45, 2.75) is 12.5 Å². The van der Waals surface area contributed by atoms with Crippen LogP contribution in [0.15, 0.2) is 30.3 Å². The van der Waals surface area contributed by atoms with Crippen LogP contribution in [0.3, 0.4) is 0 Å². The minimum absolute atomic E-state index is 0. The molecule has 4 nitrogen and oxygen atoms in total. The van der Waals surface area contributed by atoms with E-state index < -0.39 is 12.0 Å². The van der Waals surface area contributed by atoms with E-state index in [2.05, 4.69) is 5.32 Å². The molecule has 2 N–H and O–H groups in total. The molecule has 0 saturated carbocycles. The van der Waals surface area contributed by atoms with Crippen molar-refractivity contribution < 1.29 is 15.0 Å². The third kappa shape index (κ3) is 5.49. The smallest absolute Gasteiger partial charge is 0.548 e. The first kappa shape index (κ1) is 14.9. The van der Waals surface area contributed by atoms with Gasteiger partial charge in [-0.15, -0.1) is 0 Å². The summed E-state index contributed by atoms with van der Waals surface area (Å²) in [6.45, 7) is -0.370. The van der Waals surface area contributed by atoms with Gasteiger partial charge in [-0.3, -0.25) is 5.32 Å². The van der Waals surface area contributed by atoms with Crippen molar-refractivity contribution in [2.75, 3.05) is 6.73 Å². The van der Waals surface area contributed by atoms with Crippen LogP contribution in [0.4, 0.5) is 0 Å². The van der Waals surface area contributed by atoms with Gasteiger partial charge in [-0.2, -0.15) is 0 Å². The normalized spacial score (nSPS) is 11.5. The van der Waals surface area contributed by atoms with Crippen LogP contribution in [0.1, 0.15) is 5.56 Å². The summed E-state index contributed by atoms with van der Waals surface area (Å²) in [7, 11) is 0. The topological polar surface area (TPSA) is 72.4 Å². The molecule has 76 valence electrons. The Labute approximate surface area is 118 Å². The average molecular weight is 234 g/mol.